The Kier molecular flexibility index (Phi) is 4.94. The largest absolute Gasteiger partial charge is 0.375 e. The number of nitrogens with zero attached hydrogens (tertiary/aromatic N) is 3. The van der Waals surface area contributed by atoms with Gasteiger partial charge in [0.25, 0.3) is 0 Å². The summed E-state index contributed by atoms with van der Waals surface area (Å²) in [6.07, 6.45) is 5.16. The molecule has 1 aliphatic heterocycles. The molecule has 2 heterocycles. The molecule has 1 N–H and O–H groups in total. The van der Waals surface area contributed by atoms with Crippen LogP contribution in [0.3, 0.4) is 0 Å². The lowest BCUT2D eigenvalue weighted by molar-refractivity contribution is 0.0379. The fraction of sp³-hybridized carbons (Fsp3) is 0.733. The van der Waals surface area contributed by atoms with Crippen LogP contribution >= 0.6 is 0 Å². The lowest BCUT2D eigenvalue weighted by Gasteiger charge is -2.32. The first-order chi connectivity index (χ1) is 9.48. The Morgan fingerprint density at radius 1 is 1.35 bits per heavy atom. The number of anilines is 1. The highest BCUT2D eigenvalue weighted by atomic mass is 16.5. The van der Waals surface area contributed by atoms with E-state index in [4.69, 9.17) is 4.74 Å². The Labute approximate surface area is 121 Å². The van der Waals surface area contributed by atoms with Gasteiger partial charge in [-0.3, -0.25) is 0 Å². The van der Waals surface area contributed by atoms with Gasteiger partial charge in [0.2, 0.25) is 5.95 Å². The molecule has 1 aromatic heterocycles. The number of rotatable bonds is 4. The second kappa shape index (κ2) is 6.50. The third kappa shape index (κ3) is 4.42. The van der Waals surface area contributed by atoms with Crippen LogP contribution in [0, 0.1) is 0 Å². The van der Waals surface area contributed by atoms with Crippen LogP contribution in [0.4, 0.5) is 5.95 Å². The average Bonchev–Trinajstić information content (AvgIpc) is 2.45. The first-order valence-electron chi connectivity index (χ1n) is 7.40. The van der Waals surface area contributed by atoms with Crippen molar-refractivity contribution < 1.29 is 4.74 Å². The summed E-state index contributed by atoms with van der Waals surface area (Å²) in [4.78, 5) is 11.2. The van der Waals surface area contributed by atoms with E-state index in [0.29, 0.717) is 6.10 Å². The summed E-state index contributed by atoms with van der Waals surface area (Å²) >= 11 is 0. The third-order valence-corrected chi connectivity index (χ3v) is 3.39. The molecule has 0 spiro atoms. The zero-order valence-electron chi connectivity index (χ0n) is 13.0. The van der Waals surface area contributed by atoms with Crippen molar-refractivity contribution >= 4 is 5.95 Å². The van der Waals surface area contributed by atoms with E-state index >= 15 is 0 Å². The minimum atomic E-state index is 0.108. The van der Waals surface area contributed by atoms with Crippen molar-refractivity contribution in [2.24, 2.45) is 0 Å². The van der Waals surface area contributed by atoms with Crippen LogP contribution in [-0.2, 0) is 11.3 Å². The Morgan fingerprint density at radius 2 is 2.05 bits per heavy atom. The fourth-order valence-corrected chi connectivity index (χ4v) is 2.12. The van der Waals surface area contributed by atoms with Crippen molar-refractivity contribution in [1.29, 1.82) is 0 Å². The summed E-state index contributed by atoms with van der Waals surface area (Å²) < 4.78 is 5.67. The molecule has 1 fully saturated rings. The number of aromatic nitrogens is 2. The van der Waals surface area contributed by atoms with E-state index in [0.717, 1.165) is 44.2 Å². The highest BCUT2D eigenvalue weighted by molar-refractivity contribution is 5.30. The van der Waals surface area contributed by atoms with Gasteiger partial charge in [0.05, 0.1) is 12.7 Å². The molecule has 1 aromatic rings. The van der Waals surface area contributed by atoms with E-state index in [9.17, 15) is 0 Å². The van der Waals surface area contributed by atoms with Crippen molar-refractivity contribution in [2.45, 2.75) is 52.3 Å². The molecule has 1 unspecified atom stereocenters. The first kappa shape index (κ1) is 15.2. The quantitative estimate of drug-likeness (QED) is 0.912. The summed E-state index contributed by atoms with van der Waals surface area (Å²) in [5.41, 5.74) is 1.22. The Bertz CT molecular complexity index is 413. The maximum absolute atomic E-state index is 5.67. The smallest absolute Gasteiger partial charge is 0.225 e. The van der Waals surface area contributed by atoms with Gasteiger partial charge in [0.15, 0.2) is 0 Å². The van der Waals surface area contributed by atoms with Crippen LogP contribution < -0.4 is 10.2 Å². The minimum Gasteiger partial charge on any atom is -0.375 e. The van der Waals surface area contributed by atoms with Gasteiger partial charge < -0.3 is 15.0 Å². The summed E-state index contributed by atoms with van der Waals surface area (Å²) in [6.45, 7) is 11.9. The number of ether oxygens (including phenoxy) is 1. The molecule has 0 radical (unpaired) electrons. The number of nitrogens with one attached hydrogen (secondary N) is 1. The SMILES string of the molecule is CCC1CN(c2ncc(CNC(C)(C)C)cn2)CCO1. The van der Waals surface area contributed by atoms with E-state index in [1.807, 2.05) is 12.4 Å². The van der Waals surface area contributed by atoms with Gasteiger partial charge in [-0.1, -0.05) is 6.92 Å². The maximum Gasteiger partial charge on any atom is 0.225 e. The monoisotopic (exact) mass is 278 g/mol. The van der Waals surface area contributed by atoms with Gasteiger partial charge in [-0.15, -0.1) is 0 Å². The van der Waals surface area contributed by atoms with Crippen LogP contribution in [0.25, 0.3) is 0 Å². The molecule has 0 amide bonds. The van der Waals surface area contributed by atoms with Crippen molar-refractivity contribution in [3.8, 4) is 0 Å². The Morgan fingerprint density at radius 3 is 2.65 bits per heavy atom. The summed E-state index contributed by atoms with van der Waals surface area (Å²) in [6, 6.07) is 0. The molecule has 112 valence electrons. The second-order valence-electron chi connectivity index (χ2n) is 6.34. The molecule has 1 aliphatic rings. The molecule has 20 heavy (non-hydrogen) atoms. The molecule has 5 nitrogen and oxygen atoms in total. The van der Waals surface area contributed by atoms with E-state index in [1.54, 1.807) is 0 Å². The standard InChI is InChI=1S/C15H26N4O/c1-5-13-11-19(6-7-20-13)14-16-8-12(9-17-14)10-18-15(2,3)4/h8-9,13,18H,5-7,10-11H2,1-4H3. The second-order valence-corrected chi connectivity index (χ2v) is 6.34. The molecule has 0 aliphatic carbocycles. The zero-order valence-corrected chi connectivity index (χ0v) is 13.0. The van der Waals surface area contributed by atoms with Gasteiger partial charge in [-0.25, -0.2) is 9.97 Å². The van der Waals surface area contributed by atoms with Gasteiger partial charge in [0.1, 0.15) is 0 Å². The minimum absolute atomic E-state index is 0.108. The predicted octanol–water partition coefficient (Wildman–Crippen LogP) is 1.98. The molecular formula is C15H26N4O. The number of morpholine rings is 1. The summed E-state index contributed by atoms with van der Waals surface area (Å²) in [5, 5.41) is 3.44. The molecular weight excluding hydrogens is 252 g/mol. The maximum atomic E-state index is 5.67. The highest BCUT2D eigenvalue weighted by Gasteiger charge is 2.20. The molecule has 0 saturated carbocycles. The average molecular weight is 278 g/mol. The number of hydrogen-bond acceptors (Lipinski definition) is 5. The van der Waals surface area contributed by atoms with Crippen LogP contribution in [0.1, 0.15) is 39.7 Å². The molecule has 2 rings (SSSR count). The topological polar surface area (TPSA) is 50.3 Å². The lowest BCUT2D eigenvalue weighted by Crippen LogP contribution is -2.43. The normalized spacial score (nSPS) is 20.2. The van der Waals surface area contributed by atoms with Gasteiger partial charge >= 0.3 is 0 Å². The van der Waals surface area contributed by atoms with Gasteiger partial charge in [0, 0.05) is 43.1 Å². The Hall–Kier alpha value is -1.20. The van der Waals surface area contributed by atoms with Crippen molar-refractivity contribution in [2.75, 3.05) is 24.6 Å². The molecule has 5 heteroatoms. The van der Waals surface area contributed by atoms with Crippen LogP contribution in [0.15, 0.2) is 12.4 Å². The molecule has 0 aromatic carbocycles. The van der Waals surface area contributed by atoms with Crippen LogP contribution in [-0.4, -0.2) is 41.3 Å². The van der Waals surface area contributed by atoms with Gasteiger partial charge in [-0.05, 0) is 27.2 Å². The number of hydrogen-bond donors (Lipinski definition) is 1. The van der Waals surface area contributed by atoms with E-state index in [1.165, 1.54) is 0 Å². The van der Waals surface area contributed by atoms with E-state index < -0.39 is 0 Å². The van der Waals surface area contributed by atoms with Gasteiger partial charge in [-0.2, -0.15) is 0 Å². The van der Waals surface area contributed by atoms with E-state index in [-0.39, 0.29) is 5.54 Å². The summed E-state index contributed by atoms with van der Waals surface area (Å²) in [5.74, 6) is 0.811. The molecule has 1 saturated heterocycles. The predicted molar refractivity (Wildman–Crippen MR) is 80.9 cm³/mol. The lowest BCUT2D eigenvalue weighted by atomic mass is 10.1. The molecule has 0 bridgehead atoms. The summed E-state index contributed by atoms with van der Waals surface area (Å²) in [7, 11) is 0. The van der Waals surface area contributed by atoms with Crippen molar-refractivity contribution in [1.82, 2.24) is 15.3 Å². The third-order valence-electron chi connectivity index (χ3n) is 3.39. The first-order valence-corrected chi connectivity index (χ1v) is 7.40. The van der Waals surface area contributed by atoms with Crippen LogP contribution in [0.2, 0.25) is 0 Å². The highest BCUT2D eigenvalue weighted by Crippen LogP contribution is 2.14. The Balaban J connectivity index is 1.94. The zero-order chi connectivity index (χ0) is 14.6. The van der Waals surface area contributed by atoms with Crippen LogP contribution in [0.5, 0.6) is 0 Å². The van der Waals surface area contributed by atoms with Crippen molar-refractivity contribution in [3.63, 3.8) is 0 Å². The van der Waals surface area contributed by atoms with Crippen molar-refractivity contribution in [3.05, 3.63) is 18.0 Å². The fourth-order valence-electron chi connectivity index (χ4n) is 2.12. The van der Waals surface area contributed by atoms with E-state index in [2.05, 4.69) is 47.9 Å². The molecule has 1 atom stereocenters.